The maximum atomic E-state index is 8.85. The molecule has 1 unspecified atom stereocenters. The van der Waals surface area contributed by atoms with Crippen LogP contribution < -0.4 is 4.90 Å². The molecule has 84 valence electrons. The lowest BCUT2D eigenvalue weighted by molar-refractivity contribution is 0.121. The summed E-state index contributed by atoms with van der Waals surface area (Å²) in [5.41, 5.74) is 0.538. The molecule has 1 aromatic heterocycles. The first-order valence-electron chi connectivity index (χ1n) is 5.08. The zero-order valence-electron chi connectivity index (χ0n) is 8.98. The number of halogens is 1. The van der Waals surface area contributed by atoms with Gasteiger partial charge in [0.05, 0.1) is 17.7 Å². The predicted molar refractivity (Wildman–Crippen MR) is 61.6 cm³/mol. The lowest BCUT2D eigenvalue weighted by Crippen LogP contribution is -2.23. The molecule has 1 fully saturated rings. The van der Waals surface area contributed by atoms with E-state index >= 15 is 0 Å². The zero-order chi connectivity index (χ0) is 11.5. The van der Waals surface area contributed by atoms with Crippen LogP contribution in [0.4, 0.5) is 5.82 Å². The van der Waals surface area contributed by atoms with Crippen molar-refractivity contribution in [2.75, 3.05) is 25.1 Å². The van der Waals surface area contributed by atoms with E-state index in [9.17, 15) is 0 Å². The van der Waals surface area contributed by atoms with E-state index in [1.54, 1.807) is 19.2 Å². The Labute approximate surface area is 99.4 Å². The van der Waals surface area contributed by atoms with Crippen LogP contribution in [0, 0.1) is 11.3 Å². The van der Waals surface area contributed by atoms with Gasteiger partial charge in [-0.25, -0.2) is 4.98 Å². The molecule has 0 N–H and O–H groups in total. The monoisotopic (exact) mass is 237 g/mol. The van der Waals surface area contributed by atoms with Gasteiger partial charge in [0.25, 0.3) is 0 Å². The number of nitrogens with zero attached hydrogens (tertiary/aromatic N) is 3. The second-order valence-corrected chi connectivity index (χ2v) is 4.13. The second kappa shape index (κ2) is 4.69. The Morgan fingerprint density at radius 1 is 1.62 bits per heavy atom. The fourth-order valence-electron chi connectivity index (χ4n) is 1.84. The van der Waals surface area contributed by atoms with Crippen LogP contribution in [0.3, 0.4) is 0 Å². The fourth-order valence-corrected chi connectivity index (χ4v) is 2.04. The van der Waals surface area contributed by atoms with Gasteiger partial charge in [-0.3, -0.25) is 0 Å². The van der Waals surface area contributed by atoms with Crippen molar-refractivity contribution < 1.29 is 4.74 Å². The summed E-state index contributed by atoms with van der Waals surface area (Å²) in [6.45, 7) is 1.69. The van der Waals surface area contributed by atoms with E-state index in [4.69, 9.17) is 21.6 Å². The average molecular weight is 238 g/mol. The third-order valence-corrected chi connectivity index (χ3v) is 2.91. The Bertz CT molecular complexity index is 430. The van der Waals surface area contributed by atoms with E-state index in [0.29, 0.717) is 10.7 Å². The van der Waals surface area contributed by atoms with Crippen molar-refractivity contribution >= 4 is 17.4 Å². The van der Waals surface area contributed by atoms with Gasteiger partial charge >= 0.3 is 0 Å². The molecule has 1 atom stereocenters. The molecule has 5 heteroatoms. The summed E-state index contributed by atoms with van der Waals surface area (Å²) in [5, 5.41) is 9.20. The SMILES string of the molecule is COC1CCN(c2cc(C#N)cc(Cl)n2)C1. The molecule has 0 aromatic carbocycles. The Morgan fingerprint density at radius 3 is 3.06 bits per heavy atom. The Morgan fingerprint density at radius 2 is 2.44 bits per heavy atom. The van der Waals surface area contributed by atoms with Crippen LogP contribution in [0.5, 0.6) is 0 Å². The molecule has 0 saturated carbocycles. The number of aromatic nitrogens is 1. The van der Waals surface area contributed by atoms with Crippen LogP contribution in [0.15, 0.2) is 12.1 Å². The minimum atomic E-state index is 0.242. The van der Waals surface area contributed by atoms with Crippen LogP contribution in [0.25, 0.3) is 0 Å². The number of ether oxygens (including phenoxy) is 1. The minimum Gasteiger partial charge on any atom is -0.380 e. The van der Waals surface area contributed by atoms with Gasteiger partial charge in [-0.05, 0) is 18.6 Å². The van der Waals surface area contributed by atoms with Crippen molar-refractivity contribution in [3.63, 3.8) is 0 Å². The van der Waals surface area contributed by atoms with Crippen LogP contribution >= 0.6 is 11.6 Å². The molecular formula is C11H12ClN3O. The highest BCUT2D eigenvalue weighted by Crippen LogP contribution is 2.22. The first-order valence-corrected chi connectivity index (χ1v) is 5.46. The van der Waals surface area contributed by atoms with Crippen LogP contribution in [-0.2, 0) is 4.74 Å². The lowest BCUT2D eigenvalue weighted by atomic mass is 10.3. The molecule has 1 saturated heterocycles. The third kappa shape index (κ3) is 2.26. The summed E-state index contributed by atoms with van der Waals surface area (Å²) in [5.74, 6) is 0.753. The summed E-state index contributed by atoms with van der Waals surface area (Å²) in [6.07, 6.45) is 1.22. The molecule has 1 aliphatic rings. The molecule has 1 aliphatic heterocycles. The summed E-state index contributed by atoms with van der Waals surface area (Å²) in [4.78, 5) is 6.30. The summed E-state index contributed by atoms with van der Waals surface area (Å²) < 4.78 is 5.28. The van der Waals surface area contributed by atoms with Crippen molar-refractivity contribution in [2.45, 2.75) is 12.5 Å². The Balaban J connectivity index is 2.21. The van der Waals surface area contributed by atoms with Gasteiger partial charge < -0.3 is 9.64 Å². The molecule has 0 spiro atoms. The number of nitriles is 1. The Kier molecular flexibility index (Phi) is 3.28. The van der Waals surface area contributed by atoms with Crippen molar-refractivity contribution in [2.24, 2.45) is 0 Å². The number of methoxy groups -OCH3 is 1. The van der Waals surface area contributed by atoms with Crippen molar-refractivity contribution in [1.82, 2.24) is 4.98 Å². The maximum Gasteiger partial charge on any atom is 0.132 e. The van der Waals surface area contributed by atoms with Crippen molar-refractivity contribution in [3.05, 3.63) is 22.8 Å². The lowest BCUT2D eigenvalue weighted by Gasteiger charge is -2.17. The molecular weight excluding hydrogens is 226 g/mol. The highest BCUT2D eigenvalue weighted by atomic mass is 35.5. The highest BCUT2D eigenvalue weighted by molar-refractivity contribution is 6.29. The third-order valence-electron chi connectivity index (χ3n) is 2.71. The zero-order valence-corrected chi connectivity index (χ0v) is 9.74. The summed E-state index contributed by atoms with van der Waals surface area (Å²) >= 11 is 5.86. The van der Waals surface area contributed by atoms with Gasteiger partial charge in [0.15, 0.2) is 0 Å². The number of hydrogen-bond acceptors (Lipinski definition) is 4. The van der Waals surface area contributed by atoms with E-state index in [2.05, 4.69) is 16.0 Å². The van der Waals surface area contributed by atoms with Gasteiger partial charge in [-0.2, -0.15) is 5.26 Å². The van der Waals surface area contributed by atoms with Gasteiger partial charge in [0.1, 0.15) is 11.0 Å². The standard InChI is InChI=1S/C11H12ClN3O/c1-16-9-2-3-15(7-9)11-5-8(6-13)4-10(12)14-11/h4-5,9H,2-3,7H2,1H3. The molecule has 2 heterocycles. The molecule has 2 rings (SSSR count). The fraction of sp³-hybridized carbons (Fsp3) is 0.455. The summed E-state index contributed by atoms with van der Waals surface area (Å²) in [7, 11) is 1.71. The molecule has 0 bridgehead atoms. The summed E-state index contributed by atoms with van der Waals surface area (Å²) in [6, 6.07) is 5.39. The quantitative estimate of drug-likeness (QED) is 0.737. The minimum absolute atomic E-state index is 0.242. The van der Waals surface area contributed by atoms with E-state index in [1.807, 2.05) is 0 Å². The van der Waals surface area contributed by atoms with E-state index in [0.717, 1.165) is 25.3 Å². The number of anilines is 1. The molecule has 0 radical (unpaired) electrons. The number of pyridine rings is 1. The molecule has 1 aromatic rings. The van der Waals surface area contributed by atoms with E-state index < -0.39 is 0 Å². The topological polar surface area (TPSA) is 49.1 Å². The van der Waals surface area contributed by atoms with Crippen molar-refractivity contribution in [1.29, 1.82) is 5.26 Å². The molecule has 0 amide bonds. The Hall–Kier alpha value is -1.31. The maximum absolute atomic E-state index is 8.85. The first kappa shape index (κ1) is 11.2. The number of rotatable bonds is 2. The normalized spacial score (nSPS) is 19.8. The molecule has 16 heavy (non-hydrogen) atoms. The molecule has 0 aliphatic carbocycles. The van der Waals surface area contributed by atoms with Crippen LogP contribution in [0.1, 0.15) is 12.0 Å². The van der Waals surface area contributed by atoms with Gasteiger partial charge in [0, 0.05) is 20.2 Å². The highest BCUT2D eigenvalue weighted by Gasteiger charge is 2.23. The van der Waals surface area contributed by atoms with Gasteiger partial charge in [0.2, 0.25) is 0 Å². The average Bonchev–Trinajstić information content (AvgIpc) is 2.76. The van der Waals surface area contributed by atoms with Gasteiger partial charge in [-0.15, -0.1) is 0 Å². The van der Waals surface area contributed by atoms with Crippen molar-refractivity contribution in [3.8, 4) is 6.07 Å². The molecule has 4 nitrogen and oxygen atoms in total. The number of hydrogen-bond donors (Lipinski definition) is 0. The smallest absolute Gasteiger partial charge is 0.132 e. The van der Waals surface area contributed by atoms with Crippen LogP contribution in [-0.4, -0.2) is 31.3 Å². The first-order chi connectivity index (χ1) is 7.72. The van der Waals surface area contributed by atoms with Gasteiger partial charge in [-0.1, -0.05) is 11.6 Å². The van der Waals surface area contributed by atoms with E-state index in [-0.39, 0.29) is 6.10 Å². The van der Waals surface area contributed by atoms with E-state index in [1.165, 1.54) is 0 Å². The largest absolute Gasteiger partial charge is 0.380 e. The predicted octanol–water partition coefficient (Wildman–Crippen LogP) is 1.83. The van der Waals surface area contributed by atoms with Crippen LogP contribution in [0.2, 0.25) is 5.15 Å². The second-order valence-electron chi connectivity index (χ2n) is 3.74.